The van der Waals surface area contributed by atoms with Crippen molar-refractivity contribution in [3.05, 3.63) is 51.9 Å². The Morgan fingerprint density at radius 1 is 1.33 bits per heavy atom. The van der Waals surface area contributed by atoms with Crippen LogP contribution in [-0.4, -0.2) is 48.5 Å². The van der Waals surface area contributed by atoms with Crippen LogP contribution in [0.15, 0.2) is 30.3 Å². The van der Waals surface area contributed by atoms with Gasteiger partial charge < -0.3 is 24.4 Å². The van der Waals surface area contributed by atoms with Crippen molar-refractivity contribution in [1.82, 2.24) is 4.90 Å². The first-order valence-electron chi connectivity index (χ1n) is 11.0. The van der Waals surface area contributed by atoms with Crippen LogP contribution >= 0.6 is 11.3 Å². The zero-order valence-electron chi connectivity index (χ0n) is 18.8. The van der Waals surface area contributed by atoms with Gasteiger partial charge in [0.15, 0.2) is 5.79 Å². The van der Waals surface area contributed by atoms with Gasteiger partial charge in [-0.2, -0.15) is 5.26 Å². The molecule has 1 unspecified atom stereocenters. The highest BCUT2D eigenvalue weighted by atomic mass is 32.1. The van der Waals surface area contributed by atoms with Crippen molar-refractivity contribution in [2.24, 2.45) is 0 Å². The molecule has 4 rings (SSSR count). The number of hydrogen-bond donors (Lipinski definition) is 1. The Morgan fingerprint density at radius 3 is 2.82 bits per heavy atom. The lowest BCUT2D eigenvalue weighted by atomic mass is 10.0. The topological polar surface area (TPSA) is 101 Å². The highest BCUT2D eigenvalue weighted by Crippen LogP contribution is 2.37. The van der Waals surface area contributed by atoms with Crippen molar-refractivity contribution in [2.75, 3.05) is 25.1 Å². The Balaban J connectivity index is 1.33. The van der Waals surface area contributed by atoms with E-state index in [2.05, 4.69) is 11.4 Å². The molecule has 1 fully saturated rings. The van der Waals surface area contributed by atoms with Gasteiger partial charge in [-0.25, -0.2) is 4.79 Å². The summed E-state index contributed by atoms with van der Waals surface area (Å²) in [5.74, 6) is -0.795. The third-order valence-electron chi connectivity index (χ3n) is 5.62. The van der Waals surface area contributed by atoms with Gasteiger partial charge in [0.2, 0.25) is 5.91 Å². The fourth-order valence-corrected chi connectivity index (χ4v) is 5.19. The van der Waals surface area contributed by atoms with Crippen LogP contribution in [0, 0.1) is 11.3 Å². The van der Waals surface area contributed by atoms with Crippen molar-refractivity contribution < 1.29 is 23.8 Å². The molecule has 1 saturated heterocycles. The van der Waals surface area contributed by atoms with E-state index < -0.39 is 11.9 Å². The van der Waals surface area contributed by atoms with Crippen molar-refractivity contribution in [2.45, 2.75) is 51.5 Å². The van der Waals surface area contributed by atoms with Crippen LogP contribution in [0.4, 0.5) is 9.80 Å². The van der Waals surface area contributed by atoms with Gasteiger partial charge in [-0.05, 0) is 37.8 Å². The summed E-state index contributed by atoms with van der Waals surface area (Å²) in [4.78, 5) is 27.5. The zero-order valence-corrected chi connectivity index (χ0v) is 19.6. The maximum Gasteiger partial charge on any atom is 0.410 e. The fourth-order valence-electron chi connectivity index (χ4n) is 3.96. The average molecular weight is 470 g/mol. The number of ether oxygens (including phenoxy) is 3. The Labute approximate surface area is 197 Å². The van der Waals surface area contributed by atoms with E-state index in [1.807, 2.05) is 44.2 Å². The summed E-state index contributed by atoms with van der Waals surface area (Å²) < 4.78 is 16.6. The normalized spacial score (nSPS) is 18.9. The van der Waals surface area contributed by atoms with Crippen LogP contribution in [0.1, 0.15) is 41.8 Å². The van der Waals surface area contributed by atoms with E-state index in [1.54, 1.807) is 4.90 Å². The molecule has 2 aliphatic heterocycles. The molecule has 1 atom stereocenters. The van der Waals surface area contributed by atoms with Gasteiger partial charge in [-0.1, -0.05) is 30.3 Å². The van der Waals surface area contributed by atoms with Gasteiger partial charge in [0.25, 0.3) is 0 Å². The van der Waals surface area contributed by atoms with Crippen LogP contribution < -0.4 is 5.32 Å². The molecular formula is C24H27N3O5S. The van der Waals surface area contributed by atoms with Gasteiger partial charge in [0, 0.05) is 17.8 Å². The Kier molecular flexibility index (Phi) is 6.98. The Hall–Kier alpha value is -2.93. The summed E-state index contributed by atoms with van der Waals surface area (Å²) in [5, 5.41) is 13.1. The number of anilines is 1. The van der Waals surface area contributed by atoms with E-state index in [9.17, 15) is 14.9 Å². The lowest BCUT2D eigenvalue weighted by Gasteiger charge is -2.26. The molecule has 2 aliphatic rings. The molecule has 33 heavy (non-hydrogen) atoms. The number of nitrogens with one attached hydrogen (secondary N) is 1. The molecule has 3 heterocycles. The molecule has 1 aromatic carbocycles. The van der Waals surface area contributed by atoms with Gasteiger partial charge >= 0.3 is 6.09 Å². The van der Waals surface area contributed by atoms with Crippen molar-refractivity contribution in [1.29, 1.82) is 5.26 Å². The predicted octanol–water partition coefficient (Wildman–Crippen LogP) is 3.84. The number of amides is 2. The molecule has 1 aromatic heterocycles. The maximum absolute atomic E-state index is 12.6. The number of hydrogen-bond acceptors (Lipinski definition) is 7. The number of carbonyl (C=O) groups excluding carboxylic acids is 2. The lowest BCUT2D eigenvalue weighted by Crippen LogP contribution is -2.37. The molecule has 0 spiro atoms. The molecule has 0 saturated carbocycles. The second-order valence-electron chi connectivity index (χ2n) is 8.55. The zero-order chi connectivity index (χ0) is 23.4. The van der Waals surface area contributed by atoms with Gasteiger partial charge in [-0.3, -0.25) is 4.79 Å². The van der Waals surface area contributed by atoms with E-state index >= 15 is 0 Å². The highest BCUT2D eigenvalue weighted by molar-refractivity contribution is 7.16. The predicted molar refractivity (Wildman–Crippen MR) is 123 cm³/mol. The smallest absolute Gasteiger partial charge is 0.410 e. The monoisotopic (exact) mass is 469 g/mol. The fraction of sp³-hybridized carbons (Fsp3) is 0.458. The van der Waals surface area contributed by atoms with Gasteiger partial charge in [-0.15, -0.1) is 11.3 Å². The Bertz CT molecular complexity index is 1060. The number of thiophene rings is 1. The first-order chi connectivity index (χ1) is 15.8. The number of rotatable bonds is 6. The molecule has 0 bridgehead atoms. The second kappa shape index (κ2) is 9.91. The highest BCUT2D eigenvalue weighted by Gasteiger charge is 2.34. The maximum atomic E-state index is 12.6. The van der Waals surface area contributed by atoms with Crippen molar-refractivity contribution >= 4 is 28.3 Å². The molecule has 174 valence electrons. The molecule has 1 N–H and O–H groups in total. The summed E-state index contributed by atoms with van der Waals surface area (Å²) in [6.07, 6.45) is 0.800. The molecule has 0 radical (unpaired) electrons. The van der Waals surface area contributed by atoms with E-state index in [1.165, 1.54) is 11.3 Å². The minimum absolute atomic E-state index is 0.127. The minimum Gasteiger partial charge on any atom is -0.447 e. The van der Waals surface area contributed by atoms with Gasteiger partial charge in [0.05, 0.1) is 18.7 Å². The second-order valence-corrected chi connectivity index (χ2v) is 9.66. The van der Waals surface area contributed by atoms with Crippen LogP contribution in [0.2, 0.25) is 0 Å². The standard InChI is InChI=1S/C24H27N3O5S/c1-24(2)31-15-17(32-24)14-30-23(29)27-11-10-18-19(12-25)22(33-20(18)13-27)26-21(28)9-8-16-6-4-3-5-7-16/h3-7,17H,8-11,13-15H2,1-2H3,(H,26,28). The third kappa shape index (κ3) is 5.71. The number of carbonyl (C=O) groups is 2. The van der Waals surface area contributed by atoms with Crippen LogP contribution in [0.5, 0.6) is 0 Å². The van der Waals surface area contributed by atoms with Crippen LogP contribution in [0.25, 0.3) is 0 Å². The van der Waals surface area contributed by atoms with E-state index in [0.717, 1.165) is 16.0 Å². The summed E-state index contributed by atoms with van der Waals surface area (Å²) in [5.41, 5.74) is 2.49. The third-order valence-corrected chi connectivity index (χ3v) is 6.76. The van der Waals surface area contributed by atoms with Crippen LogP contribution in [-0.2, 0) is 38.4 Å². The molecular weight excluding hydrogens is 442 g/mol. The van der Waals surface area contributed by atoms with E-state index in [0.29, 0.717) is 49.5 Å². The SMILES string of the molecule is CC1(C)OCC(COC(=O)N2CCc3c(sc(NC(=O)CCc4ccccc4)c3C#N)C2)O1. The summed E-state index contributed by atoms with van der Waals surface area (Å²) in [6.45, 7) is 4.95. The summed E-state index contributed by atoms with van der Waals surface area (Å²) in [7, 11) is 0. The quantitative estimate of drug-likeness (QED) is 0.690. The molecule has 2 aromatic rings. The van der Waals surface area contributed by atoms with E-state index in [4.69, 9.17) is 14.2 Å². The first-order valence-corrected chi connectivity index (χ1v) is 11.8. The largest absolute Gasteiger partial charge is 0.447 e. The number of aryl methyl sites for hydroxylation is 1. The number of benzene rings is 1. The summed E-state index contributed by atoms with van der Waals surface area (Å²) >= 11 is 1.35. The molecule has 0 aliphatic carbocycles. The van der Waals surface area contributed by atoms with Crippen LogP contribution in [0.3, 0.4) is 0 Å². The number of nitriles is 1. The number of fused-ring (bicyclic) bond motifs is 1. The van der Waals surface area contributed by atoms with Crippen molar-refractivity contribution in [3.8, 4) is 6.07 Å². The molecule has 2 amide bonds. The van der Waals surface area contributed by atoms with Gasteiger partial charge in [0.1, 0.15) is 23.8 Å². The summed E-state index contributed by atoms with van der Waals surface area (Å²) in [6, 6.07) is 12.0. The Morgan fingerprint density at radius 2 is 2.12 bits per heavy atom. The van der Waals surface area contributed by atoms with E-state index in [-0.39, 0.29) is 18.6 Å². The number of nitrogens with zero attached hydrogens (tertiary/aromatic N) is 2. The minimum atomic E-state index is -0.663. The average Bonchev–Trinajstić information content (AvgIpc) is 3.34. The molecule has 9 heteroatoms. The lowest BCUT2D eigenvalue weighted by molar-refractivity contribution is -0.143. The van der Waals surface area contributed by atoms with Crippen molar-refractivity contribution in [3.63, 3.8) is 0 Å². The first kappa shape index (κ1) is 23.2. The molecule has 8 nitrogen and oxygen atoms in total.